The number of aromatic nitrogens is 2. The summed E-state index contributed by atoms with van der Waals surface area (Å²) in [5, 5.41) is 5.37. The number of hydrogen-bond acceptors (Lipinski definition) is 3. The van der Waals surface area contributed by atoms with Crippen molar-refractivity contribution in [2.45, 2.75) is 31.7 Å². The number of rotatable bonds is 2. The second-order valence-electron chi connectivity index (χ2n) is 4.74. The Morgan fingerprint density at radius 2 is 2.06 bits per heavy atom. The maximum atomic E-state index is 11.8. The Kier molecular flexibility index (Phi) is 2.78. The van der Waals surface area contributed by atoms with Gasteiger partial charge in [-0.1, -0.05) is 31.0 Å². The van der Waals surface area contributed by atoms with E-state index < -0.39 is 0 Å². The topological polar surface area (TPSA) is 44.1 Å². The average molecular weight is 244 g/mol. The molecule has 0 amide bonds. The monoisotopic (exact) mass is 244 g/mol. The summed E-state index contributed by atoms with van der Waals surface area (Å²) in [6.07, 6.45) is 4.78. The predicted octanol–water partition coefficient (Wildman–Crippen LogP) is 2.94. The lowest BCUT2D eigenvalue weighted by molar-refractivity contribution is 0.0594. The lowest BCUT2D eigenvalue weighted by Gasteiger charge is -2.10. The Labute approximate surface area is 106 Å². The molecule has 1 aromatic heterocycles. The lowest BCUT2D eigenvalue weighted by atomic mass is 10.2. The van der Waals surface area contributed by atoms with E-state index in [1.54, 1.807) is 0 Å². The van der Waals surface area contributed by atoms with Crippen molar-refractivity contribution < 1.29 is 9.53 Å². The van der Waals surface area contributed by atoms with Gasteiger partial charge in [-0.05, 0) is 18.9 Å². The molecule has 4 heteroatoms. The van der Waals surface area contributed by atoms with Crippen molar-refractivity contribution in [3.05, 3.63) is 30.0 Å². The first-order chi connectivity index (χ1) is 8.81. The molecule has 0 aliphatic heterocycles. The molecule has 0 N–H and O–H groups in total. The van der Waals surface area contributed by atoms with E-state index in [0.717, 1.165) is 23.7 Å². The van der Waals surface area contributed by atoms with Gasteiger partial charge in [0.25, 0.3) is 0 Å². The standard InChI is InChI=1S/C14H16N2O2/c1-18-14(17)13-11-8-4-5-9-12(11)16(15-13)10-6-2-3-7-10/h4-5,8-10H,2-3,6-7H2,1H3. The predicted molar refractivity (Wildman–Crippen MR) is 68.6 cm³/mol. The number of esters is 1. The highest BCUT2D eigenvalue weighted by Gasteiger charge is 2.23. The minimum Gasteiger partial charge on any atom is -0.464 e. The number of nitrogens with zero attached hydrogens (tertiary/aromatic N) is 2. The second kappa shape index (κ2) is 4.44. The van der Waals surface area contributed by atoms with Gasteiger partial charge in [0.15, 0.2) is 5.69 Å². The largest absolute Gasteiger partial charge is 0.464 e. The highest BCUT2D eigenvalue weighted by atomic mass is 16.5. The van der Waals surface area contributed by atoms with Crippen molar-refractivity contribution in [2.24, 2.45) is 0 Å². The molecule has 2 aromatic rings. The summed E-state index contributed by atoms with van der Waals surface area (Å²) in [7, 11) is 1.39. The van der Waals surface area contributed by atoms with Crippen LogP contribution < -0.4 is 0 Å². The average Bonchev–Trinajstić information content (AvgIpc) is 3.04. The fourth-order valence-electron chi connectivity index (χ4n) is 2.76. The van der Waals surface area contributed by atoms with Gasteiger partial charge in [0, 0.05) is 5.39 Å². The van der Waals surface area contributed by atoms with Gasteiger partial charge in [0.1, 0.15) is 0 Å². The minimum absolute atomic E-state index is 0.358. The van der Waals surface area contributed by atoms with Gasteiger partial charge < -0.3 is 4.74 Å². The summed E-state index contributed by atoms with van der Waals surface area (Å²) in [4.78, 5) is 11.8. The van der Waals surface area contributed by atoms with Crippen LogP contribution in [-0.2, 0) is 4.74 Å². The smallest absolute Gasteiger partial charge is 0.359 e. The van der Waals surface area contributed by atoms with E-state index in [-0.39, 0.29) is 5.97 Å². The van der Waals surface area contributed by atoms with Crippen LogP contribution in [0.2, 0.25) is 0 Å². The molecular weight excluding hydrogens is 228 g/mol. The molecule has 1 aliphatic rings. The van der Waals surface area contributed by atoms with Crippen LogP contribution in [0.4, 0.5) is 0 Å². The Hall–Kier alpha value is -1.84. The number of para-hydroxylation sites is 1. The molecule has 0 spiro atoms. The summed E-state index contributed by atoms with van der Waals surface area (Å²) >= 11 is 0. The third-order valence-corrected chi connectivity index (χ3v) is 3.66. The number of carbonyl (C=O) groups excluding carboxylic acids is 1. The summed E-state index contributed by atoms with van der Waals surface area (Å²) in [5.74, 6) is -0.358. The van der Waals surface area contributed by atoms with Gasteiger partial charge in [0.2, 0.25) is 0 Å². The normalized spacial score (nSPS) is 16.3. The van der Waals surface area contributed by atoms with Gasteiger partial charge in [0.05, 0.1) is 18.7 Å². The molecule has 94 valence electrons. The number of benzene rings is 1. The zero-order chi connectivity index (χ0) is 12.5. The van der Waals surface area contributed by atoms with E-state index in [4.69, 9.17) is 4.74 Å². The Bertz CT molecular complexity index is 582. The molecular formula is C14H16N2O2. The van der Waals surface area contributed by atoms with E-state index in [2.05, 4.69) is 5.10 Å². The molecule has 1 heterocycles. The Balaban J connectivity index is 2.16. The molecule has 1 saturated carbocycles. The summed E-state index contributed by atoms with van der Waals surface area (Å²) in [6, 6.07) is 8.28. The summed E-state index contributed by atoms with van der Waals surface area (Å²) in [5.41, 5.74) is 1.46. The quantitative estimate of drug-likeness (QED) is 0.763. The van der Waals surface area contributed by atoms with E-state index in [9.17, 15) is 4.79 Å². The molecule has 0 atom stereocenters. The van der Waals surface area contributed by atoms with Gasteiger partial charge >= 0.3 is 5.97 Å². The van der Waals surface area contributed by atoms with E-state index in [1.165, 1.54) is 20.0 Å². The first kappa shape index (κ1) is 11.3. The van der Waals surface area contributed by atoms with Crippen molar-refractivity contribution in [1.82, 2.24) is 9.78 Å². The van der Waals surface area contributed by atoms with Gasteiger partial charge in [-0.15, -0.1) is 0 Å². The molecule has 0 radical (unpaired) electrons. The third kappa shape index (κ3) is 1.68. The molecule has 4 nitrogen and oxygen atoms in total. The van der Waals surface area contributed by atoms with Crippen molar-refractivity contribution in [3.8, 4) is 0 Å². The van der Waals surface area contributed by atoms with Crippen LogP contribution >= 0.6 is 0 Å². The number of carbonyl (C=O) groups is 1. The van der Waals surface area contributed by atoms with Crippen LogP contribution in [0.25, 0.3) is 10.9 Å². The molecule has 1 aliphatic carbocycles. The Morgan fingerprint density at radius 3 is 2.78 bits per heavy atom. The van der Waals surface area contributed by atoms with E-state index >= 15 is 0 Å². The fraction of sp³-hybridized carbons (Fsp3) is 0.429. The summed E-state index contributed by atoms with van der Waals surface area (Å²) < 4.78 is 6.81. The number of methoxy groups -OCH3 is 1. The van der Waals surface area contributed by atoms with Crippen molar-refractivity contribution in [3.63, 3.8) is 0 Å². The van der Waals surface area contributed by atoms with Crippen LogP contribution in [0.5, 0.6) is 0 Å². The molecule has 1 fully saturated rings. The van der Waals surface area contributed by atoms with Crippen LogP contribution in [-0.4, -0.2) is 22.9 Å². The van der Waals surface area contributed by atoms with Crippen molar-refractivity contribution in [1.29, 1.82) is 0 Å². The molecule has 0 saturated heterocycles. The van der Waals surface area contributed by atoms with E-state index in [0.29, 0.717) is 11.7 Å². The minimum atomic E-state index is -0.358. The second-order valence-corrected chi connectivity index (χ2v) is 4.74. The molecule has 3 rings (SSSR count). The maximum Gasteiger partial charge on any atom is 0.359 e. The van der Waals surface area contributed by atoms with Crippen molar-refractivity contribution in [2.75, 3.05) is 7.11 Å². The summed E-state index contributed by atoms with van der Waals surface area (Å²) in [6.45, 7) is 0. The number of ether oxygens (including phenoxy) is 1. The molecule has 0 unspecified atom stereocenters. The molecule has 1 aromatic carbocycles. The zero-order valence-corrected chi connectivity index (χ0v) is 10.4. The van der Waals surface area contributed by atoms with Crippen LogP contribution in [0.1, 0.15) is 42.2 Å². The first-order valence-electron chi connectivity index (χ1n) is 6.37. The highest BCUT2D eigenvalue weighted by Crippen LogP contribution is 2.32. The van der Waals surface area contributed by atoms with Crippen LogP contribution in [0.3, 0.4) is 0 Å². The maximum absolute atomic E-state index is 11.8. The fourth-order valence-corrected chi connectivity index (χ4v) is 2.76. The van der Waals surface area contributed by atoms with Crippen LogP contribution in [0.15, 0.2) is 24.3 Å². The van der Waals surface area contributed by atoms with Gasteiger partial charge in [-0.25, -0.2) is 4.79 Å². The van der Waals surface area contributed by atoms with Crippen LogP contribution in [0, 0.1) is 0 Å². The van der Waals surface area contributed by atoms with E-state index in [1.807, 2.05) is 28.9 Å². The lowest BCUT2D eigenvalue weighted by Crippen LogP contribution is -2.09. The Morgan fingerprint density at radius 1 is 1.33 bits per heavy atom. The van der Waals surface area contributed by atoms with Crippen molar-refractivity contribution >= 4 is 16.9 Å². The highest BCUT2D eigenvalue weighted by molar-refractivity contribution is 6.02. The zero-order valence-electron chi connectivity index (χ0n) is 10.4. The molecule has 18 heavy (non-hydrogen) atoms. The number of fused-ring (bicyclic) bond motifs is 1. The van der Waals surface area contributed by atoms with Gasteiger partial charge in [-0.3, -0.25) is 4.68 Å². The van der Waals surface area contributed by atoms with Gasteiger partial charge in [-0.2, -0.15) is 5.10 Å². The SMILES string of the molecule is COC(=O)c1nn(C2CCCC2)c2ccccc12. The first-order valence-corrected chi connectivity index (χ1v) is 6.37. The third-order valence-electron chi connectivity index (χ3n) is 3.66. The molecule has 0 bridgehead atoms. The number of hydrogen-bond donors (Lipinski definition) is 0.